The van der Waals surface area contributed by atoms with Crippen molar-refractivity contribution in [3.05, 3.63) is 84.2 Å². The molecule has 0 spiro atoms. The molecule has 0 fully saturated rings. The zero-order valence-corrected chi connectivity index (χ0v) is 28.4. The Hall–Kier alpha value is -8.02. The fraction of sp³-hybridized carbons (Fsp3) is 0.133. The van der Waals surface area contributed by atoms with Crippen molar-refractivity contribution < 1.29 is 19.4 Å². The summed E-state index contributed by atoms with van der Waals surface area (Å²) >= 11 is 0. The van der Waals surface area contributed by atoms with Gasteiger partial charge in [-0.15, -0.1) is 20.5 Å². The quantitative estimate of drug-likeness (QED) is 0.0977. The molecule has 7 aromatic rings. The van der Waals surface area contributed by atoms with Gasteiger partial charge in [-0.3, -0.25) is 4.79 Å². The highest BCUT2D eigenvalue weighted by Gasteiger charge is 2.24. The third-order valence-electron chi connectivity index (χ3n) is 7.51. The molecule has 0 saturated carbocycles. The second-order valence-corrected chi connectivity index (χ2v) is 10.9. The van der Waals surface area contributed by atoms with E-state index in [1.807, 2.05) is 0 Å². The van der Waals surface area contributed by atoms with Gasteiger partial charge in [0.25, 0.3) is 11.9 Å². The number of nitrogens with two attached hydrogens (primary N) is 2. The van der Waals surface area contributed by atoms with Crippen LogP contribution in [0.25, 0.3) is 23.5 Å². The summed E-state index contributed by atoms with van der Waals surface area (Å²) < 4.78 is 9.93. The molecular formula is C30H26N20O4. The number of carbonyl (C=O) groups excluding carboxylic acids is 2. The first-order chi connectivity index (χ1) is 26.2. The van der Waals surface area contributed by atoms with Crippen molar-refractivity contribution in [3.8, 4) is 23.5 Å². The maximum Gasteiger partial charge on any atom is 0.343 e. The smallest absolute Gasteiger partial charge is 0.343 e. The molecule has 0 aromatic carbocycles. The monoisotopic (exact) mass is 730 g/mol. The SMILES string of the molecule is COC(=O)c1cnn(-c2ncccn2)c1N=Nc1c(C)nn(-c2cc(-n3nc(C)c(N=Nc4c(C(=O)CO)cnn4-c4ncccn4)c3N)ncn2)c1N. The first-order valence-electron chi connectivity index (χ1n) is 15.5. The summed E-state index contributed by atoms with van der Waals surface area (Å²) in [6.45, 7) is 2.52. The van der Waals surface area contributed by atoms with E-state index in [4.69, 9.17) is 16.2 Å². The van der Waals surface area contributed by atoms with Gasteiger partial charge in [0.05, 0.1) is 36.5 Å². The van der Waals surface area contributed by atoms with Gasteiger partial charge in [-0.1, -0.05) is 0 Å². The van der Waals surface area contributed by atoms with Crippen molar-refractivity contribution in [1.82, 2.24) is 69.0 Å². The number of ketones is 1. The average molecular weight is 731 g/mol. The maximum absolute atomic E-state index is 12.5. The van der Waals surface area contributed by atoms with Crippen molar-refractivity contribution in [2.75, 3.05) is 25.2 Å². The topological polar surface area (TPSA) is 314 Å². The molecule has 0 saturated heterocycles. The van der Waals surface area contributed by atoms with Crippen LogP contribution in [0.15, 0.2) is 82.2 Å². The van der Waals surface area contributed by atoms with Crippen LogP contribution >= 0.6 is 0 Å². The molecule has 54 heavy (non-hydrogen) atoms. The fourth-order valence-electron chi connectivity index (χ4n) is 4.94. The van der Waals surface area contributed by atoms with E-state index in [1.54, 1.807) is 26.0 Å². The van der Waals surface area contributed by atoms with E-state index < -0.39 is 18.4 Å². The molecular weight excluding hydrogens is 704 g/mol. The normalized spacial score (nSPS) is 11.6. The number of hydrogen-bond donors (Lipinski definition) is 3. The largest absolute Gasteiger partial charge is 0.465 e. The van der Waals surface area contributed by atoms with E-state index in [1.165, 1.54) is 75.4 Å². The van der Waals surface area contributed by atoms with Gasteiger partial charge in [0.15, 0.2) is 52.1 Å². The standard InChI is InChI=1S/C30H26N20O4/c1-15-22(41-43-26-17(19(52)13-51)11-39-49(26)29-33-6-4-7-34-29)24(31)47(45-15)20-10-21(38-14-37-20)48-25(32)23(16(2)46-48)42-44-27-18(28(53)54-3)12-40-50(27)30-35-8-5-9-36-30/h4-12,14,51H,13,31-32H2,1-3H3. The Morgan fingerprint density at radius 1 is 0.704 bits per heavy atom. The van der Waals surface area contributed by atoms with Crippen LogP contribution in [0.1, 0.15) is 32.1 Å². The zero-order chi connectivity index (χ0) is 37.9. The van der Waals surface area contributed by atoms with E-state index in [9.17, 15) is 14.7 Å². The molecule has 24 heteroatoms. The summed E-state index contributed by atoms with van der Waals surface area (Å²) in [5, 5.41) is 43.9. The number of aromatic nitrogens is 14. The van der Waals surface area contributed by atoms with Gasteiger partial charge < -0.3 is 21.3 Å². The number of anilines is 2. The summed E-state index contributed by atoms with van der Waals surface area (Å²) in [5.74, 6) is -0.599. The Morgan fingerprint density at radius 2 is 1.17 bits per heavy atom. The number of aliphatic hydroxyl groups is 1. The van der Waals surface area contributed by atoms with Gasteiger partial charge in [0, 0.05) is 30.9 Å². The number of nitrogen functional groups attached to an aromatic ring is 2. The van der Waals surface area contributed by atoms with Crippen LogP contribution in [0.3, 0.4) is 0 Å². The zero-order valence-electron chi connectivity index (χ0n) is 28.4. The molecule has 0 radical (unpaired) electrons. The number of nitrogens with zero attached hydrogens (tertiary/aromatic N) is 18. The van der Waals surface area contributed by atoms with E-state index in [2.05, 4.69) is 70.8 Å². The lowest BCUT2D eigenvalue weighted by Gasteiger charge is -2.06. The van der Waals surface area contributed by atoms with Crippen LogP contribution in [0.2, 0.25) is 0 Å². The van der Waals surface area contributed by atoms with E-state index in [-0.39, 0.29) is 69.3 Å². The van der Waals surface area contributed by atoms with Gasteiger partial charge in [0.2, 0.25) is 0 Å². The van der Waals surface area contributed by atoms with Crippen LogP contribution in [0.5, 0.6) is 0 Å². The number of azo groups is 2. The Morgan fingerprint density at radius 3 is 1.63 bits per heavy atom. The minimum atomic E-state index is -0.782. The highest BCUT2D eigenvalue weighted by atomic mass is 16.5. The minimum Gasteiger partial charge on any atom is -0.465 e. The third kappa shape index (κ3) is 6.25. The number of rotatable bonds is 11. The maximum atomic E-state index is 12.5. The molecule has 0 atom stereocenters. The number of ether oxygens (including phenoxy) is 1. The number of aliphatic hydroxyl groups excluding tert-OH is 1. The van der Waals surface area contributed by atoms with Crippen LogP contribution in [-0.2, 0) is 4.74 Å². The number of esters is 1. The molecule has 7 rings (SSSR count). The molecule has 0 unspecified atom stereocenters. The molecule has 0 bridgehead atoms. The Balaban J connectivity index is 1.21. The van der Waals surface area contributed by atoms with Crippen molar-refractivity contribution in [3.63, 3.8) is 0 Å². The molecule has 7 heterocycles. The number of carbonyl (C=O) groups is 2. The van der Waals surface area contributed by atoms with Crippen molar-refractivity contribution in [1.29, 1.82) is 0 Å². The summed E-state index contributed by atoms with van der Waals surface area (Å²) in [6.07, 6.45) is 9.74. The average Bonchev–Trinajstić information content (AvgIpc) is 3.96. The number of hydrogen-bond acceptors (Lipinski definition) is 20. The summed E-state index contributed by atoms with van der Waals surface area (Å²) in [7, 11) is 1.22. The van der Waals surface area contributed by atoms with Crippen LogP contribution in [-0.4, -0.2) is 99.6 Å². The predicted octanol–water partition coefficient (Wildman–Crippen LogP) is 2.37. The summed E-state index contributed by atoms with van der Waals surface area (Å²) in [5.41, 5.74) is 14.0. The molecule has 5 N–H and O–H groups in total. The van der Waals surface area contributed by atoms with Crippen LogP contribution in [0.4, 0.5) is 34.6 Å². The van der Waals surface area contributed by atoms with Gasteiger partial charge in [-0.05, 0) is 26.0 Å². The second-order valence-electron chi connectivity index (χ2n) is 10.9. The lowest BCUT2D eigenvalue weighted by atomic mass is 10.2. The van der Waals surface area contributed by atoms with Gasteiger partial charge in [-0.25, -0.2) is 34.7 Å². The van der Waals surface area contributed by atoms with E-state index >= 15 is 0 Å². The van der Waals surface area contributed by atoms with Crippen molar-refractivity contribution >= 4 is 46.4 Å². The number of Topliss-reactive ketones (excluding diaryl/α,β-unsaturated/α-hetero) is 1. The van der Waals surface area contributed by atoms with E-state index in [0.29, 0.717) is 11.4 Å². The first kappa shape index (κ1) is 34.4. The molecule has 7 aromatic heterocycles. The number of aryl methyl sites for hydroxylation is 2. The Labute approximate surface area is 302 Å². The summed E-state index contributed by atoms with van der Waals surface area (Å²) in [6, 6.07) is 4.75. The summed E-state index contributed by atoms with van der Waals surface area (Å²) in [4.78, 5) is 50.2. The molecule has 0 aliphatic rings. The lowest BCUT2D eigenvalue weighted by molar-refractivity contribution is 0.0601. The van der Waals surface area contributed by atoms with E-state index in [0.717, 1.165) is 0 Å². The predicted molar refractivity (Wildman–Crippen MR) is 184 cm³/mol. The highest BCUT2D eigenvalue weighted by Crippen LogP contribution is 2.34. The first-order valence-corrected chi connectivity index (χ1v) is 15.5. The molecule has 270 valence electrons. The molecule has 0 aliphatic carbocycles. The Bertz CT molecular complexity index is 2400. The van der Waals surface area contributed by atoms with Crippen LogP contribution < -0.4 is 11.5 Å². The Kier molecular flexibility index (Phi) is 9.12. The van der Waals surface area contributed by atoms with Crippen molar-refractivity contribution in [2.24, 2.45) is 20.5 Å². The lowest BCUT2D eigenvalue weighted by Crippen LogP contribution is -2.09. The third-order valence-corrected chi connectivity index (χ3v) is 7.51. The number of methoxy groups -OCH3 is 1. The highest BCUT2D eigenvalue weighted by molar-refractivity contribution is 6.00. The fourth-order valence-corrected chi connectivity index (χ4v) is 4.94. The minimum absolute atomic E-state index is 0.00419. The van der Waals surface area contributed by atoms with Gasteiger partial charge in [-0.2, -0.15) is 39.1 Å². The molecule has 0 amide bonds. The van der Waals surface area contributed by atoms with Crippen LogP contribution in [0, 0.1) is 13.8 Å². The molecule has 0 aliphatic heterocycles. The van der Waals surface area contributed by atoms with Gasteiger partial charge >= 0.3 is 5.97 Å². The molecule has 24 nitrogen and oxygen atoms in total. The van der Waals surface area contributed by atoms with Crippen molar-refractivity contribution in [2.45, 2.75) is 13.8 Å². The second kappa shape index (κ2) is 14.3. The van der Waals surface area contributed by atoms with Gasteiger partial charge in [0.1, 0.15) is 18.5 Å².